The number of halogens is 1. The number of benzene rings is 1. The molecule has 0 aromatic heterocycles. The number of nitrogens with one attached hydrogen (secondary N) is 1. The maximum atomic E-state index is 12.7. The Hall–Kier alpha value is -2.61. The summed E-state index contributed by atoms with van der Waals surface area (Å²) < 4.78 is 9.77. The molecule has 2 atom stereocenters. The van der Waals surface area contributed by atoms with E-state index in [1.807, 2.05) is 0 Å². The van der Waals surface area contributed by atoms with Crippen LogP contribution in [-0.2, 0) is 19.1 Å². The first-order chi connectivity index (χ1) is 11.0. The highest BCUT2D eigenvalue weighted by atomic mass is 35.5. The lowest BCUT2D eigenvalue weighted by atomic mass is 9.99. The molecule has 1 saturated heterocycles. The fraction of sp³-hybridized carbons (Fsp3) is 0.286. The Kier molecular flexibility index (Phi) is 3.69. The van der Waals surface area contributed by atoms with Crippen LogP contribution in [0.1, 0.15) is 0 Å². The van der Waals surface area contributed by atoms with Crippen molar-refractivity contribution in [2.75, 3.05) is 19.1 Å². The smallest absolute Gasteiger partial charge is 0.355 e. The largest absolute Gasteiger partial charge is 0.495 e. The number of carbonyl (C=O) groups excluding carboxylic acids is 3. The monoisotopic (exact) mass is 337 g/mol. The molecule has 2 heterocycles. The second-order valence-corrected chi connectivity index (χ2v) is 5.34. The van der Waals surface area contributed by atoms with Crippen LogP contribution in [0.15, 0.2) is 23.3 Å². The first-order valence-corrected chi connectivity index (χ1v) is 7.00. The fourth-order valence-electron chi connectivity index (χ4n) is 2.64. The summed E-state index contributed by atoms with van der Waals surface area (Å²) in [5.74, 6) is -2.60. The normalized spacial score (nSPS) is 22.6. The van der Waals surface area contributed by atoms with Gasteiger partial charge in [0.2, 0.25) is 5.91 Å². The van der Waals surface area contributed by atoms with Gasteiger partial charge in [0.05, 0.1) is 19.9 Å². The van der Waals surface area contributed by atoms with Gasteiger partial charge in [0.25, 0.3) is 5.91 Å². The second-order valence-electron chi connectivity index (χ2n) is 4.90. The van der Waals surface area contributed by atoms with Gasteiger partial charge in [0.1, 0.15) is 17.7 Å². The highest BCUT2D eigenvalue weighted by Gasteiger charge is 2.56. The van der Waals surface area contributed by atoms with Crippen molar-refractivity contribution in [1.29, 1.82) is 0 Å². The number of rotatable bonds is 3. The van der Waals surface area contributed by atoms with Crippen molar-refractivity contribution in [3.05, 3.63) is 23.2 Å². The van der Waals surface area contributed by atoms with E-state index < -0.39 is 29.7 Å². The number of nitrogens with zero attached hydrogens (tertiary/aromatic N) is 2. The van der Waals surface area contributed by atoms with Crippen LogP contribution in [0.2, 0.25) is 5.02 Å². The molecule has 2 aliphatic rings. The lowest BCUT2D eigenvalue weighted by Gasteiger charge is -2.18. The van der Waals surface area contributed by atoms with Crippen LogP contribution in [0, 0.1) is 5.92 Å². The van der Waals surface area contributed by atoms with Crippen molar-refractivity contribution in [3.8, 4) is 5.75 Å². The van der Waals surface area contributed by atoms with Crippen molar-refractivity contribution in [1.82, 2.24) is 5.43 Å². The number of hydrazone groups is 1. The van der Waals surface area contributed by atoms with E-state index in [1.165, 1.54) is 20.3 Å². The highest BCUT2D eigenvalue weighted by Crippen LogP contribution is 2.37. The van der Waals surface area contributed by atoms with Gasteiger partial charge in [-0.1, -0.05) is 11.6 Å². The van der Waals surface area contributed by atoms with Crippen LogP contribution in [0.4, 0.5) is 5.69 Å². The molecule has 1 N–H and O–H groups in total. The molecule has 0 aliphatic carbocycles. The molecular weight excluding hydrogens is 326 g/mol. The quantitative estimate of drug-likeness (QED) is 0.631. The SMILES string of the molecule is COC(=O)C1=NNC2C(=O)N(c3cc(Cl)ccc3OC)C(=O)C12. The molecule has 1 fully saturated rings. The van der Waals surface area contributed by atoms with Gasteiger partial charge < -0.3 is 9.47 Å². The Balaban J connectivity index is 2.03. The number of hydrogen-bond acceptors (Lipinski definition) is 7. The first kappa shape index (κ1) is 15.3. The molecule has 0 bridgehead atoms. The van der Waals surface area contributed by atoms with Crippen LogP contribution in [-0.4, -0.2) is 43.8 Å². The Morgan fingerprint density at radius 3 is 2.70 bits per heavy atom. The molecule has 3 rings (SSSR count). The van der Waals surface area contributed by atoms with Gasteiger partial charge in [-0.2, -0.15) is 5.10 Å². The van der Waals surface area contributed by atoms with E-state index in [4.69, 9.17) is 16.3 Å². The molecule has 8 nitrogen and oxygen atoms in total. The zero-order chi connectivity index (χ0) is 16.7. The van der Waals surface area contributed by atoms with E-state index >= 15 is 0 Å². The molecule has 9 heteroatoms. The van der Waals surface area contributed by atoms with Gasteiger partial charge in [-0.25, -0.2) is 9.69 Å². The van der Waals surface area contributed by atoms with Crippen molar-refractivity contribution in [2.45, 2.75) is 6.04 Å². The third-order valence-corrected chi connectivity index (χ3v) is 3.94. The number of carbonyl (C=O) groups is 3. The number of esters is 1. The van der Waals surface area contributed by atoms with Crippen LogP contribution in [0.25, 0.3) is 0 Å². The van der Waals surface area contributed by atoms with E-state index in [0.717, 1.165) is 4.90 Å². The lowest BCUT2D eigenvalue weighted by molar-refractivity contribution is -0.133. The van der Waals surface area contributed by atoms with Gasteiger partial charge >= 0.3 is 5.97 Å². The number of amides is 2. The van der Waals surface area contributed by atoms with Crippen LogP contribution in [0.5, 0.6) is 5.75 Å². The molecule has 2 unspecified atom stereocenters. The topological polar surface area (TPSA) is 97.3 Å². The number of hydrogen-bond donors (Lipinski definition) is 1. The van der Waals surface area contributed by atoms with Crippen LogP contribution < -0.4 is 15.1 Å². The summed E-state index contributed by atoms with van der Waals surface area (Å²) in [5.41, 5.74) is 2.61. The van der Waals surface area contributed by atoms with E-state index in [1.54, 1.807) is 12.1 Å². The molecule has 23 heavy (non-hydrogen) atoms. The zero-order valence-electron chi connectivity index (χ0n) is 12.2. The molecular formula is C14H12ClN3O5. The average Bonchev–Trinajstić information content (AvgIpc) is 3.08. The van der Waals surface area contributed by atoms with Gasteiger partial charge in [-0.15, -0.1) is 0 Å². The Morgan fingerprint density at radius 2 is 2.04 bits per heavy atom. The second kappa shape index (κ2) is 5.54. The highest BCUT2D eigenvalue weighted by molar-refractivity contribution is 6.46. The molecule has 0 saturated carbocycles. The summed E-state index contributed by atoms with van der Waals surface area (Å²) in [5, 5.41) is 4.09. The number of anilines is 1. The van der Waals surface area contributed by atoms with Crippen molar-refractivity contribution in [3.63, 3.8) is 0 Å². The van der Waals surface area contributed by atoms with E-state index in [9.17, 15) is 14.4 Å². The lowest BCUT2D eigenvalue weighted by Crippen LogP contribution is -2.36. The summed E-state index contributed by atoms with van der Waals surface area (Å²) >= 11 is 5.95. The third-order valence-electron chi connectivity index (χ3n) is 3.70. The standard InChI is InChI=1S/C14H12ClN3O5/c1-22-8-4-3-6(15)5-7(8)18-12(19)9-10(13(18)20)16-17-11(9)14(21)23-2/h3-5,9-10,16H,1-2H3. The van der Waals surface area contributed by atoms with Crippen LogP contribution >= 0.6 is 11.6 Å². The molecule has 120 valence electrons. The first-order valence-electron chi connectivity index (χ1n) is 6.62. The predicted octanol–water partition coefficient (Wildman–Crippen LogP) is 0.339. The summed E-state index contributed by atoms with van der Waals surface area (Å²) in [6.07, 6.45) is 0. The van der Waals surface area contributed by atoms with E-state index in [-0.39, 0.29) is 11.4 Å². The number of methoxy groups -OCH3 is 2. The minimum absolute atomic E-state index is 0.126. The summed E-state index contributed by atoms with van der Waals surface area (Å²) in [7, 11) is 2.59. The molecule has 2 amide bonds. The summed E-state index contributed by atoms with van der Waals surface area (Å²) in [6, 6.07) is 3.64. The zero-order valence-corrected chi connectivity index (χ0v) is 13.0. The number of imide groups is 1. The third kappa shape index (κ3) is 2.22. The minimum Gasteiger partial charge on any atom is -0.495 e. The minimum atomic E-state index is -1.03. The fourth-order valence-corrected chi connectivity index (χ4v) is 2.80. The summed E-state index contributed by atoms with van der Waals surface area (Å²) in [4.78, 5) is 37.9. The van der Waals surface area contributed by atoms with Crippen molar-refractivity contribution < 1.29 is 23.9 Å². The number of fused-ring (bicyclic) bond motifs is 1. The predicted molar refractivity (Wildman–Crippen MR) is 80.4 cm³/mol. The Morgan fingerprint density at radius 1 is 1.30 bits per heavy atom. The van der Waals surface area contributed by atoms with Gasteiger partial charge in [-0.3, -0.25) is 15.0 Å². The molecule has 1 aromatic rings. The maximum Gasteiger partial charge on any atom is 0.355 e. The molecule has 0 radical (unpaired) electrons. The summed E-state index contributed by atoms with van der Waals surface area (Å²) in [6.45, 7) is 0. The van der Waals surface area contributed by atoms with Crippen molar-refractivity contribution >= 4 is 40.8 Å². The van der Waals surface area contributed by atoms with Gasteiger partial charge in [-0.05, 0) is 18.2 Å². The molecule has 2 aliphatic heterocycles. The van der Waals surface area contributed by atoms with Gasteiger partial charge in [0.15, 0.2) is 5.71 Å². The van der Waals surface area contributed by atoms with Crippen molar-refractivity contribution in [2.24, 2.45) is 11.0 Å². The van der Waals surface area contributed by atoms with E-state index in [2.05, 4.69) is 15.3 Å². The molecule has 1 aromatic carbocycles. The Bertz CT molecular complexity index is 748. The van der Waals surface area contributed by atoms with E-state index in [0.29, 0.717) is 10.8 Å². The Labute approximate surface area is 136 Å². The average molecular weight is 338 g/mol. The molecule has 0 spiro atoms. The maximum absolute atomic E-state index is 12.7. The van der Waals surface area contributed by atoms with Gasteiger partial charge in [0, 0.05) is 5.02 Å². The number of ether oxygens (including phenoxy) is 2. The van der Waals surface area contributed by atoms with Crippen LogP contribution in [0.3, 0.4) is 0 Å².